The Morgan fingerprint density at radius 2 is 1.88 bits per heavy atom. The maximum Gasteiger partial charge on any atom is 0.333 e. The van der Waals surface area contributed by atoms with E-state index in [-0.39, 0.29) is 12.4 Å². The minimum atomic E-state index is -0.673. The zero-order valence-corrected chi connectivity index (χ0v) is 15.0. The van der Waals surface area contributed by atoms with Crippen LogP contribution in [-0.4, -0.2) is 31.3 Å². The van der Waals surface area contributed by atoms with Gasteiger partial charge in [0.2, 0.25) is 0 Å². The Bertz CT molecular complexity index is 602. The molecule has 1 aliphatic heterocycles. The molecule has 0 radical (unpaired) electrons. The van der Waals surface area contributed by atoms with Gasteiger partial charge >= 0.3 is 11.9 Å². The summed E-state index contributed by atoms with van der Waals surface area (Å²) in [5, 5.41) is 0. The van der Waals surface area contributed by atoms with E-state index in [4.69, 9.17) is 14.2 Å². The summed E-state index contributed by atoms with van der Waals surface area (Å²) in [6.45, 7) is 8.10. The average molecular weight is 346 g/mol. The zero-order valence-electron chi connectivity index (χ0n) is 15.0. The summed E-state index contributed by atoms with van der Waals surface area (Å²) >= 11 is 0. The van der Waals surface area contributed by atoms with Crippen LogP contribution in [0.4, 0.5) is 0 Å². The summed E-state index contributed by atoms with van der Waals surface area (Å²) in [5.74, 6) is -0.851. The van der Waals surface area contributed by atoms with Crippen molar-refractivity contribution in [2.45, 2.75) is 51.2 Å². The van der Waals surface area contributed by atoms with Crippen LogP contribution in [0, 0.1) is 0 Å². The van der Waals surface area contributed by atoms with Gasteiger partial charge in [-0.15, -0.1) is 0 Å². The molecule has 1 heterocycles. The SMILES string of the molecule is C=C(C)C(=O)OC(CC)CC(=O)OC1(c2ccccc2)CCOCC1. The summed E-state index contributed by atoms with van der Waals surface area (Å²) in [6, 6.07) is 9.74. The van der Waals surface area contributed by atoms with Gasteiger partial charge in [-0.05, 0) is 18.9 Å². The molecule has 1 aromatic carbocycles. The van der Waals surface area contributed by atoms with E-state index < -0.39 is 17.7 Å². The largest absolute Gasteiger partial charge is 0.458 e. The molecule has 1 fully saturated rings. The molecule has 136 valence electrons. The van der Waals surface area contributed by atoms with Gasteiger partial charge < -0.3 is 14.2 Å². The van der Waals surface area contributed by atoms with Crippen LogP contribution in [-0.2, 0) is 29.4 Å². The Hall–Kier alpha value is -2.14. The Kier molecular flexibility index (Phi) is 6.76. The van der Waals surface area contributed by atoms with Gasteiger partial charge in [0.1, 0.15) is 11.7 Å². The summed E-state index contributed by atoms with van der Waals surface area (Å²) < 4.78 is 16.6. The minimum Gasteiger partial charge on any atom is -0.458 e. The Labute approximate surface area is 149 Å². The third-order valence-electron chi connectivity index (χ3n) is 4.38. The molecular formula is C20H26O5. The van der Waals surface area contributed by atoms with E-state index >= 15 is 0 Å². The van der Waals surface area contributed by atoms with Crippen LogP contribution in [0.5, 0.6) is 0 Å². The van der Waals surface area contributed by atoms with Crippen LogP contribution >= 0.6 is 0 Å². The number of benzene rings is 1. The molecule has 2 rings (SSSR count). The molecule has 0 aromatic heterocycles. The van der Waals surface area contributed by atoms with Gasteiger partial charge in [-0.2, -0.15) is 0 Å². The Balaban J connectivity index is 2.07. The highest BCUT2D eigenvalue weighted by Crippen LogP contribution is 2.36. The van der Waals surface area contributed by atoms with Gasteiger partial charge in [0.15, 0.2) is 0 Å². The van der Waals surface area contributed by atoms with Crippen LogP contribution in [0.25, 0.3) is 0 Å². The molecule has 25 heavy (non-hydrogen) atoms. The molecule has 1 atom stereocenters. The normalized spacial score (nSPS) is 17.4. The third-order valence-corrected chi connectivity index (χ3v) is 4.38. The van der Waals surface area contributed by atoms with E-state index in [9.17, 15) is 9.59 Å². The first kappa shape index (κ1) is 19.2. The number of hydrogen-bond donors (Lipinski definition) is 0. The minimum absolute atomic E-state index is 0.0327. The lowest BCUT2D eigenvalue weighted by atomic mass is 9.86. The van der Waals surface area contributed by atoms with E-state index in [0.717, 1.165) is 5.56 Å². The van der Waals surface area contributed by atoms with E-state index in [1.165, 1.54) is 0 Å². The smallest absolute Gasteiger partial charge is 0.333 e. The summed E-state index contributed by atoms with van der Waals surface area (Å²) in [7, 11) is 0. The molecule has 0 spiro atoms. The van der Waals surface area contributed by atoms with Gasteiger partial charge in [-0.1, -0.05) is 43.8 Å². The molecule has 0 saturated carbocycles. The summed E-state index contributed by atoms with van der Waals surface area (Å²) in [4.78, 5) is 24.2. The van der Waals surface area contributed by atoms with Crippen LogP contribution < -0.4 is 0 Å². The lowest BCUT2D eigenvalue weighted by molar-refractivity contribution is -0.175. The van der Waals surface area contributed by atoms with Crippen molar-refractivity contribution in [3.63, 3.8) is 0 Å². The summed E-state index contributed by atoms with van der Waals surface area (Å²) in [5.41, 5.74) is 0.614. The van der Waals surface area contributed by atoms with Crippen LogP contribution in [0.1, 0.15) is 45.1 Å². The van der Waals surface area contributed by atoms with Crippen molar-refractivity contribution < 1.29 is 23.8 Å². The molecule has 1 unspecified atom stereocenters. The second-order valence-corrected chi connectivity index (χ2v) is 6.37. The van der Waals surface area contributed by atoms with Crippen molar-refractivity contribution in [3.8, 4) is 0 Å². The van der Waals surface area contributed by atoms with Crippen molar-refractivity contribution in [1.29, 1.82) is 0 Å². The van der Waals surface area contributed by atoms with Crippen LogP contribution in [0.3, 0.4) is 0 Å². The molecule has 0 aliphatic carbocycles. The molecule has 5 nitrogen and oxygen atoms in total. The predicted molar refractivity (Wildman–Crippen MR) is 93.9 cm³/mol. The van der Waals surface area contributed by atoms with Crippen molar-refractivity contribution in [2.75, 3.05) is 13.2 Å². The monoisotopic (exact) mass is 346 g/mol. The molecule has 0 amide bonds. The molecule has 5 heteroatoms. The Morgan fingerprint density at radius 3 is 2.44 bits per heavy atom. The fraction of sp³-hybridized carbons (Fsp3) is 0.500. The zero-order chi connectivity index (χ0) is 18.3. The highest BCUT2D eigenvalue weighted by atomic mass is 16.6. The molecule has 0 N–H and O–H groups in total. The number of ether oxygens (including phenoxy) is 3. The van der Waals surface area contributed by atoms with E-state index in [1.54, 1.807) is 6.92 Å². The predicted octanol–water partition coefficient (Wildman–Crippen LogP) is 3.52. The van der Waals surface area contributed by atoms with Gasteiger partial charge in [0.05, 0.1) is 19.6 Å². The van der Waals surface area contributed by atoms with E-state index in [2.05, 4.69) is 6.58 Å². The van der Waals surface area contributed by atoms with Gasteiger partial charge in [0.25, 0.3) is 0 Å². The number of esters is 2. The van der Waals surface area contributed by atoms with Gasteiger partial charge in [-0.3, -0.25) is 4.79 Å². The number of hydrogen-bond acceptors (Lipinski definition) is 5. The van der Waals surface area contributed by atoms with E-state index in [0.29, 0.717) is 38.0 Å². The highest BCUT2D eigenvalue weighted by Gasteiger charge is 2.38. The van der Waals surface area contributed by atoms with Crippen LogP contribution in [0.2, 0.25) is 0 Å². The maximum absolute atomic E-state index is 12.5. The van der Waals surface area contributed by atoms with E-state index in [1.807, 2.05) is 37.3 Å². The summed E-state index contributed by atoms with van der Waals surface area (Å²) in [6.07, 6.45) is 1.29. The number of carbonyl (C=O) groups is 2. The first-order valence-corrected chi connectivity index (χ1v) is 8.68. The number of carbonyl (C=O) groups excluding carboxylic acids is 2. The molecule has 0 bridgehead atoms. The van der Waals surface area contributed by atoms with Crippen molar-refractivity contribution in [3.05, 3.63) is 48.0 Å². The van der Waals surface area contributed by atoms with Gasteiger partial charge in [0, 0.05) is 18.4 Å². The van der Waals surface area contributed by atoms with Crippen molar-refractivity contribution >= 4 is 11.9 Å². The van der Waals surface area contributed by atoms with Crippen LogP contribution in [0.15, 0.2) is 42.5 Å². The standard InChI is InChI=1S/C20H26O5/c1-4-17(24-19(22)15(2)3)14-18(21)25-20(10-12-23-13-11-20)16-8-6-5-7-9-16/h5-9,17H,2,4,10-14H2,1,3H3. The quantitative estimate of drug-likeness (QED) is 0.558. The molecule has 1 aromatic rings. The fourth-order valence-corrected chi connectivity index (χ4v) is 2.86. The second kappa shape index (κ2) is 8.81. The second-order valence-electron chi connectivity index (χ2n) is 6.37. The highest BCUT2D eigenvalue weighted by molar-refractivity contribution is 5.87. The Morgan fingerprint density at radius 1 is 1.24 bits per heavy atom. The van der Waals surface area contributed by atoms with Gasteiger partial charge in [-0.25, -0.2) is 4.79 Å². The first-order valence-electron chi connectivity index (χ1n) is 8.68. The molecule has 1 saturated heterocycles. The lowest BCUT2D eigenvalue weighted by Crippen LogP contribution is -2.39. The third kappa shape index (κ3) is 5.16. The fourth-order valence-electron chi connectivity index (χ4n) is 2.86. The average Bonchev–Trinajstić information content (AvgIpc) is 2.62. The molecule has 1 aliphatic rings. The maximum atomic E-state index is 12.5. The topological polar surface area (TPSA) is 61.8 Å². The lowest BCUT2D eigenvalue weighted by Gasteiger charge is -2.37. The van der Waals surface area contributed by atoms with Crippen molar-refractivity contribution in [2.24, 2.45) is 0 Å². The first-order chi connectivity index (χ1) is 12.0. The molecular weight excluding hydrogens is 320 g/mol. The van der Waals surface area contributed by atoms with Crippen molar-refractivity contribution in [1.82, 2.24) is 0 Å². The number of rotatable bonds is 7.